The number of esters is 1. The van der Waals surface area contributed by atoms with Gasteiger partial charge in [-0.15, -0.1) is 0 Å². The van der Waals surface area contributed by atoms with Crippen LogP contribution >= 0.6 is 0 Å². The van der Waals surface area contributed by atoms with Crippen molar-refractivity contribution in [2.45, 2.75) is 13.8 Å². The maximum absolute atomic E-state index is 13.8. The van der Waals surface area contributed by atoms with Gasteiger partial charge in [0.15, 0.2) is 17.2 Å². The molecule has 0 radical (unpaired) electrons. The summed E-state index contributed by atoms with van der Waals surface area (Å²) in [4.78, 5) is 16.3. The summed E-state index contributed by atoms with van der Waals surface area (Å²) in [5.74, 6) is 0.218. The van der Waals surface area contributed by atoms with Gasteiger partial charge < -0.3 is 14.2 Å². The monoisotopic (exact) mass is 355 g/mol. The van der Waals surface area contributed by atoms with Crippen LogP contribution in [-0.2, 0) is 9.53 Å². The van der Waals surface area contributed by atoms with Gasteiger partial charge in [-0.3, -0.25) is 0 Å². The number of aliphatic imine (C=N–C) groups is 1. The van der Waals surface area contributed by atoms with Crippen LogP contribution in [0.4, 0.5) is 4.39 Å². The van der Waals surface area contributed by atoms with E-state index < -0.39 is 11.8 Å². The fourth-order valence-electron chi connectivity index (χ4n) is 2.46. The molecule has 2 aromatic rings. The van der Waals surface area contributed by atoms with E-state index in [4.69, 9.17) is 14.2 Å². The van der Waals surface area contributed by atoms with Crippen LogP contribution in [-0.4, -0.2) is 25.1 Å². The van der Waals surface area contributed by atoms with Crippen molar-refractivity contribution in [1.82, 2.24) is 0 Å². The summed E-state index contributed by atoms with van der Waals surface area (Å²) in [5.41, 5.74) is 0.880. The Morgan fingerprint density at radius 1 is 1.08 bits per heavy atom. The van der Waals surface area contributed by atoms with Gasteiger partial charge in [-0.05, 0) is 44.2 Å². The van der Waals surface area contributed by atoms with Gasteiger partial charge in [-0.25, -0.2) is 14.2 Å². The summed E-state index contributed by atoms with van der Waals surface area (Å²) in [6, 6.07) is 11.3. The van der Waals surface area contributed by atoms with Gasteiger partial charge in [0.05, 0.1) is 13.2 Å². The summed E-state index contributed by atoms with van der Waals surface area (Å²) in [5, 5.41) is 0. The van der Waals surface area contributed by atoms with Gasteiger partial charge in [-0.1, -0.05) is 18.2 Å². The predicted octanol–water partition coefficient (Wildman–Crippen LogP) is 3.97. The molecular weight excluding hydrogens is 337 g/mol. The molecule has 0 unspecified atom stereocenters. The van der Waals surface area contributed by atoms with Crippen LogP contribution in [0.1, 0.15) is 25.0 Å². The van der Waals surface area contributed by atoms with Crippen molar-refractivity contribution in [3.63, 3.8) is 0 Å². The van der Waals surface area contributed by atoms with Gasteiger partial charge in [0.25, 0.3) is 0 Å². The van der Waals surface area contributed by atoms with Gasteiger partial charge >= 0.3 is 5.97 Å². The number of carbonyl (C=O) groups is 1. The standard InChI is InChI=1S/C20H18FNO4/c1-3-24-17-10-9-14(12-18(17)25-4-2)19-22-16(20(23)26-19)11-13-7-5-6-8-15(13)21/h5-12H,3-4H2,1-2H3/b16-11-. The van der Waals surface area contributed by atoms with E-state index in [2.05, 4.69) is 4.99 Å². The van der Waals surface area contributed by atoms with Crippen LogP contribution in [0.25, 0.3) is 6.08 Å². The first-order valence-electron chi connectivity index (χ1n) is 8.29. The molecule has 1 aliphatic heterocycles. The minimum absolute atomic E-state index is 0.0388. The maximum Gasteiger partial charge on any atom is 0.363 e. The molecule has 0 spiro atoms. The molecule has 0 amide bonds. The molecule has 0 aliphatic carbocycles. The summed E-state index contributed by atoms with van der Waals surface area (Å²) < 4.78 is 30.1. The Bertz CT molecular complexity index is 889. The van der Waals surface area contributed by atoms with Crippen molar-refractivity contribution < 1.29 is 23.4 Å². The molecule has 0 bridgehead atoms. The molecular formula is C20H18FNO4. The highest BCUT2D eigenvalue weighted by atomic mass is 19.1. The Labute approximate surface area is 150 Å². The predicted molar refractivity (Wildman–Crippen MR) is 95.8 cm³/mol. The Balaban J connectivity index is 1.93. The van der Waals surface area contributed by atoms with E-state index in [9.17, 15) is 9.18 Å². The lowest BCUT2D eigenvalue weighted by atomic mass is 10.2. The third kappa shape index (κ3) is 3.74. The molecule has 2 aromatic carbocycles. The van der Waals surface area contributed by atoms with Crippen LogP contribution < -0.4 is 9.47 Å². The van der Waals surface area contributed by atoms with E-state index in [1.54, 1.807) is 36.4 Å². The second-order valence-corrected chi connectivity index (χ2v) is 5.39. The molecule has 0 aromatic heterocycles. The molecule has 134 valence electrons. The van der Waals surface area contributed by atoms with Crippen LogP contribution in [0.15, 0.2) is 53.2 Å². The molecule has 0 fully saturated rings. The Hall–Kier alpha value is -3.15. The lowest BCUT2D eigenvalue weighted by molar-refractivity contribution is -0.129. The van der Waals surface area contributed by atoms with Crippen molar-refractivity contribution in [3.8, 4) is 11.5 Å². The lowest BCUT2D eigenvalue weighted by Crippen LogP contribution is -2.06. The zero-order valence-electron chi connectivity index (χ0n) is 14.5. The quantitative estimate of drug-likeness (QED) is 0.581. The number of rotatable bonds is 6. The van der Waals surface area contributed by atoms with Gasteiger partial charge in [0, 0.05) is 11.1 Å². The number of benzene rings is 2. The number of ether oxygens (including phenoxy) is 3. The van der Waals surface area contributed by atoms with E-state index in [0.29, 0.717) is 30.3 Å². The fourth-order valence-corrected chi connectivity index (χ4v) is 2.46. The van der Waals surface area contributed by atoms with Crippen LogP contribution in [0, 0.1) is 5.82 Å². The summed E-state index contributed by atoms with van der Waals surface area (Å²) >= 11 is 0. The summed E-state index contributed by atoms with van der Waals surface area (Å²) in [6.45, 7) is 4.72. The molecule has 5 nitrogen and oxygen atoms in total. The minimum Gasteiger partial charge on any atom is -0.490 e. The topological polar surface area (TPSA) is 57.1 Å². The molecule has 0 saturated heterocycles. The first-order valence-corrected chi connectivity index (χ1v) is 8.29. The number of hydrogen-bond acceptors (Lipinski definition) is 5. The Morgan fingerprint density at radius 3 is 2.54 bits per heavy atom. The Kier molecular flexibility index (Phi) is 5.31. The van der Waals surface area contributed by atoms with Crippen molar-refractivity contribution in [2.75, 3.05) is 13.2 Å². The Morgan fingerprint density at radius 2 is 1.81 bits per heavy atom. The highest BCUT2D eigenvalue weighted by Gasteiger charge is 2.25. The number of halogens is 1. The first-order chi connectivity index (χ1) is 12.6. The number of hydrogen-bond donors (Lipinski definition) is 0. The summed E-state index contributed by atoms with van der Waals surface area (Å²) in [6.07, 6.45) is 1.36. The van der Waals surface area contributed by atoms with E-state index >= 15 is 0 Å². The van der Waals surface area contributed by atoms with Gasteiger partial charge in [0.1, 0.15) is 5.82 Å². The second-order valence-electron chi connectivity index (χ2n) is 5.39. The van der Waals surface area contributed by atoms with E-state index in [0.717, 1.165) is 0 Å². The molecule has 0 atom stereocenters. The van der Waals surface area contributed by atoms with E-state index in [-0.39, 0.29) is 17.2 Å². The minimum atomic E-state index is -0.630. The highest BCUT2D eigenvalue weighted by Crippen LogP contribution is 2.30. The number of carbonyl (C=O) groups excluding carboxylic acids is 1. The van der Waals surface area contributed by atoms with Crippen molar-refractivity contribution >= 4 is 17.9 Å². The number of nitrogens with zero attached hydrogens (tertiary/aromatic N) is 1. The normalized spacial score (nSPS) is 15.0. The molecule has 1 heterocycles. The molecule has 3 rings (SSSR count). The average Bonchev–Trinajstić information content (AvgIpc) is 2.99. The molecule has 1 aliphatic rings. The fraction of sp³-hybridized carbons (Fsp3) is 0.200. The summed E-state index contributed by atoms with van der Waals surface area (Å²) in [7, 11) is 0. The highest BCUT2D eigenvalue weighted by molar-refractivity contribution is 6.13. The zero-order valence-corrected chi connectivity index (χ0v) is 14.5. The third-order valence-corrected chi connectivity index (χ3v) is 3.61. The SMILES string of the molecule is CCOc1ccc(C2=N/C(=C\c3ccccc3F)C(=O)O2)cc1OCC. The van der Waals surface area contributed by atoms with Crippen LogP contribution in [0.5, 0.6) is 11.5 Å². The smallest absolute Gasteiger partial charge is 0.363 e. The van der Waals surface area contributed by atoms with Crippen LogP contribution in [0.2, 0.25) is 0 Å². The molecule has 26 heavy (non-hydrogen) atoms. The zero-order chi connectivity index (χ0) is 18.5. The molecule has 6 heteroatoms. The third-order valence-electron chi connectivity index (χ3n) is 3.61. The van der Waals surface area contributed by atoms with Gasteiger partial charge in [0.2, 0.25) is 5.90 Å². The number of cyclic esters (lactones) is 1. The van der Waals surface area contributed by atoms with E-state index in [1.165, 1.54) is 12.1 Å². The lowest BCUT2D eigenvalue weighted by Gasteiger charge is -2.11. The second kappa shape index (κ2) is 7.82. The average molecular weight is 355 g/mol. The first kappa shape index (κ1) is 17.7. The van der Waals surface area contributed by atoms with Gasteiger partial charge in [-0.2, -0.15) is 0 Å². The van der Waals surface area contributed by atoms with Crippen molar-refractivity contribution in [3.05, 3.63) is 65.1 Å². The largest absolute Gasteiger partial charge is 0.490 e. The van der Waals surface area contributed by atoms with E-state index in [1.807, 2.05) is 13.8 Å². The van der Waals surface area contributed by atoms with Crippen molar-refractivity contribution in [2.24, 2.45) is 4.99 Å². The van der Waals surface area contributed by atoms with Crippen LogP contribution in [0.3, 0.4) is 0 Å². The molecule has 0 N–H and O–H groups in total. The molecule has 0 saturated carbocycles. The maximum atomic E-state index is 13.8. The van der Waals surface area contributed by atoms with Crippen molar-refractivity contribution in [1.29, 1.82) is 0 Å².